The van der Waals surface area contributed by atoms with E-state index in [1.54, 1.807) is 0 Å². The van der Waals surface area contributed by atoms with Gasteiger partial charge in [-0.15, -0.1) is 0 Å². The Morgan fingerprint density at radius 1 is 1.48 bits per heavy atom. The van der Waals surface area contributed by atoms with Gasteiger partial charge in [-0.05, 0) is 12.5 Å². The predicted octanol–water partition coefficient (Wildman–Crippen LogP) is 1.16. The number of methoxy groups -OCH3 is 1. The number of carboxylic acid groups (broad SMARTS) is 1. The van der Waals surface area contributed by atoms with Gasteiger partial charge in [0.2, 0.25) is 5.91 Å². The van der Waals surface area contributed by atoms with Gasteiger partial charge in [0, 0.05) is 25.7 Å². The Bertz CT molecular complexity index is 517. The molecule has 0 saturated carbocycles. The number of hydrogen-bond acceptors (Lipinski definition) is 4. The van der Waals surface area contributed by atoms with Crippen LogP contribution in [-0.2, 0) is 14.3 Å². The average molecular weight is 293 g/mol. The summed E-state index contributed by atoms with van der Waals surface area (Å²) in [6, 6.07) is 6.40. The van der Waals surface area contributed by atoms with Gasteiger partial charge in [0.05, 0.1) is 12.5 Å². The molecule has 1 aromatic carbocycles. The monoisotopic (exact) mass is 293 g/mol. The molecule has 0 spiro atoms. The molecule has 1 amide bonds. The Kier molecular flexibility index (Phi) is 5.16. The zero-order valence-corrected chi connectivity index (χ0v) is 11.9. The lowest BCUT2D eigenvalue weighted by Crippen LogP contribution is -2.44. The van der Waals surface area contributed by atoms with Crippen molar-refractivity contribution >= 4 is 11.9 Å². The van der Waals surface area contributed by atoms with Crippen LogP contribution in [0.1, 0.15) is 24.3 Å². The smallest absolute Gasteiger partial charge is 0.326 e. The molecule has 21 heavy (non-hydrogen) atoms. The molecule has 114 valence electrons. The van der Waals surface area contributed by atoms with Crippen LogP contribution in [0.4, 0.5) is 0 Å². The minimum absolute atomic E-state index is 0.239. The summed E-state index contributed by atoms with van der Waals surface area (Å²) in [5.74, 6) is -1.03. The van der Waals surface area contributed by atoms with Gasteiger partial charge in [-0.1, -0.05) is 18.2 Å². The first-order valence-corrected chi connectivity index (χ1v) is 6.87. The third-order valence-electron chi connectivity index (χ3n) is 3.50. The van der Waals surface area contributed by atoms with E-state index >= 15 is 0 Å². The quantitative estimate of drug-likeness (QED) is 0.822. The van der Waals surface area contributed by atoms with Crippen LogP contribution >= 0.6 is 0 Å². The van der Waals surface area contributed by atoms with Crippen LogP contribution < -0.4 is 10.1 Å². The Morgan fingerprint density at radius 2 is 2.24 bits per heavy atom. The van der Waals surface area contributed by atoms with E-state index in [2.05, 4.69) is 5.32 Å². The summed E-state index contributed by atoms with van der Waals surface area (Å²) in [7, 11) is 1.50. The highest BCUT2D eigenvalue weighted by Gasteiger charge is 2.30. The Hall–Kier alpha value is -2.08. The van der Waals surface area contributed by atoms with Crippen molar-refractivity contribution in [2.45, 2.75) is 24.8 Å². The molecule has 6 nitrogen and oxygen atoms in total. The first-order valence-electron chi connectivity index (χ1n) is 6.87. The van der Waals surface area contributed by atoms with Crippen molar-refractivity contribution in [3.05, 3.63) is 29.8 Å². The summed E-state index contributed by atoms with van der Waals surface area (Å²) in [6.45, 7) is 0.729. The van der Waals surface area contributed by atoms with Gasteiger partial charge in [0.25, 0.3) is 0 Å². The fourth-order valence-electron chi connectivity index (χ4n) is 2.38. The number of carbonyl (C=O) groups is 2. The number of para-hydroxylation sites is 1. The predicted molar refractivity (Wildman–Crippen MR) is 75.4 cm³/mol. The number of aliphatic carboxylic acids is 1. The molecule has 2 rings (SSSR count). The second-order valence-electron chi connectivity index (χ2n) is 4.91. The fourth-order valence-corrected chi connectivity index (χ4v) is 2.38. The van der Waals surface area contributed by atoms with Crippen molar-refractivity contribution in [2.24, 2.45) is 0 Å². The first-order chi connectivity index (χ1) is 10.1. The summed E-state index contributed by atoms with van der Waals surface area (Å²) in [4.78, 5) is 23.5. The topological polar surface area (TPSA) is 84.9 Å². The lowest BCUT2D eigenvalue weighted by molar-refractivity contribution is -0.142. The highest BCUT2D eigenvalue weighted by Crippen LogP contribution is 2.33. The molecule has 0 radical (unpaired) electrons. The van der Waals surface area contributed by atoms with Crippen molar-refractivity contribution < 1.29 is 24.2 Å². The lowest BCUT2D eigenvalue weighted by Gasteiger charge is -2.26. The SMILES string of the molecule is COCC[C@H](NC(=O)[C@H]1CCOc2ccccc21)C(=O)O. The van der Waals surface area contributed by atoms with Crippen molar-refractivity contribution in [1.82, 2.24) is 5.32 Å². The molecule has 0 saturated heterocycles. The van der Waals surface area contributed by atoms with Gasteiger partial charge in [-0.3, -0.25) is 4.79 Å². The molecule has 0 aliphatic carbocycles. The highest BCUT2D eigenvalue weighted by atomic mass is 16.5. The molecule has 1 aliphatic rings. The summed E-state index contributed by atoms with van der Waals surface area (Å²) in [5.41, 5.74) is 0.803. The Balaban J connectivity index is 2.08. The van der Waals surface area contributed by atoms with Gasteiger partial charge in [-0.25, -0.2) is 4.79 Å². The summed E-state index contributed by atoms with van der Waals surface area (Å²) in [6.07, 6.45) is 0.780. The van der Waals surface area contributed by atoms with Crippen molar-refractivity contribution in [1.29, 1.82) is 0 Å². The molecular formula is C15H19NO5. The molecule has 0 bridgehead atoms. The zero-order chi connectivity index (χ0) is 15.2. The van der Waals surface area contributed by atoms with Crippen molar-refractivity contribution in [3.8, 4) is 5.75 Å². The maximum Gasteiger partial charge on any atom is 0.326 e. The lowest BCUT2D eigenvalue weighted by atomic mass is 9.92. The van der Waals surface area contributed by atoms with Gasteiger partial charge in [0.15, 0.2) is 0 Å². The highest BCUT2D eigenvalue weighted by molar-refractivity contribution is 5.88. The summed E-state index contributed by atoms with van der Waals surface area (Å²) < 4.78 is 10.4. The molecule has 1 aliphatic heterocycles. The van der Waals surface area contributed by atoms with E-state index < -0.39 is 12.0 Å². The molecule has 1 aromatic rings. The average Bonchev–Trinajstić information content (AvgIpc) is 2.50. The van der Waals surface area contributed by atoms with Crippen LogP contribution in [0.3, 0.4) is 0 Å². The zero-order valence-electron chi connectivity index (χ0n) is 11.9. The molecule has 0 unspecified atom stereocenters. The number of carbonyl (C=O) groups excluding carboxylic acids is 1. The Morgan fingerprint density at radius 3 is 2.95 bits per heavy atom. The maximum atomic E-state index is 12.4. The molecular weight excluding hydrogens is 274 g/mol. The number of carboxylic acids is 1. The molecule has 0 fully saturated rings. The van der Waals surface area contributed by atoms with Crippen LogP contribution in [0, 0.1) is 0 Å². The van der Waals surface area contributed by atoms with E-state index in [1.807, 2.05) is 24.3 Å². The number of rotatable bonds is 6. The minimum atomic E-state index is -1.05. The molecule has 0 aromatic heterocycles. The van der Waals surface area contributed by atoms with E-state index in [0.29, 0.717) is 18.8 Å². The van der Waals surface area contributed by atoms with E-state index in [0.717, 1.165) is 5.56 Å². The summed E-state index contributed by atoms with van der Waals surface area (Å²) >= 11 is 0. The molecule has 2 atom stereocenters. The largest absolute Gasteiger partial charge is 0.493 e. The van der Waals surface area contributed by atoms with Crippen molar-refractivity contribution in [3.63, 3.8) is 0 Å². The number of nitrogens with one attached hydrogen (secondary N) is 1. The van der Waals surface area contributed by atoms with Crippen LogP contribution in [0.25, 0.3) is 0 Å². The fraction of sp³-hybridized carbons (Fsp3) is 0.467. The Labute approximate surface area is 123 Å². The number of amides is 1. The van der Waals surface area contributed by atoms with Gasteiger partial charge in [0.1, 0.15) is 11.8 Å². The van der Waals surface area contributed by atoms with Crippen LogP contribution in [0.15, 0.2) is 24.3 Å². The third kappa shape index (κ3) is 3.72. The number of fused-ring (bicyclic) bond motifs is 1. The van der Waals surface area contributed by atoms with E-state index in [-0.39, 0.29) is 24.9 Å². The molecule has 6 heteroatoms. The second-order valence-corrected chi connectivity index (χ2v) is 4.91. The van der Waals surface area contributed by atoms with Gasteiger partial charge < -0.3 is 19.9 Å². The van der Waals surface area contributed by atoms with Gasteiger partial charge >= 0.3 is 5.97 Å². The molecule has 2 N–H and O–H groups in total. The van der Waals surface area contributed by atoms with Crippen LogP contribution in [-0.4, -0.2) is 43.3 Å². The number of hydrogen-bond donors (Lipinski definition) is 2. The minimum Gasteiger partial charge on any atom is -0.493 e. The first kappa shape index (κ1) is 15.3. The summed E-state index contributed by atoms with van der Waals surface area (Å²) in [5, 5.41) is 11.7. The number of ether oxygens (including phenoxy) is 2. The van der Waals surface area contributed by atoms with E-state index in [1.165, 1.54) is 7.11 Å². The van der Waals surface area contributed by atoms with Crippen LogP contribution in [0.5, 0.6) is 5.75 Å². The second kappa shape index (κ2) is 7.08. The van der Waals surface area contributed by atoms with Gasteiger partial charge in [-0.2, -0.15) is 0 Å². The van der Waals surface area contributed by atoms with E-state index in [9.17, 15) is 9.59 Å². The normalized spacial score (nSPS) is 18.2. The standard InChI is InChI=1S/C15H19NO5/c1-20-8-7-12(15(18)19)16-14(17)11-6-9-21-13-5-3-2-4-10(11)13/h2-5,11-12H,6-9H2,1H3,(H,16,17)(H,18,19)/t11-,12-/m0/s1. The number of benzene rings is 1. The van der Waals surface area contributed by atoms with E-state index in [4.69, 9.17) is 14.6 Å². The third-order valence-corrected chi connectivity index (χ3v) is 3.50. The maximum absolute atomic E-state index is 12.4. The van der Waals surface area contributed by atoms with Crippen molar-refractivity contribution in [2.75, 3.05) is 20.3 Å². The molecule has 1 heterocycles. The van der Waals surface area contributed by atoms with Crippen LogP contribution in [0.2, 0.25) is 0 Å².